The molecule has 1 fully saturated rings. The summed E-state index contributed by atoms with van der Waals surface area (Å²) in [5.74, 6) is 2.27. The topological polar surface area (TPSA) is 42.8 Å². The third kappa shape index (κ3) is 1.95. The number of nitrogens with zero attached hydrogens (tertiary/aromatic N) is 2. The average Bonchev–Trinajstić information content (AvgIpc) is 2.92. The van der Waals surface area contributed by atoms with Crippen LogP contribution in [0, 0.1) is 17.4 Å². The predicted molar refractivity (Wildman–Crippen MR) is 87.3 cm³/mol. The summed E-state index contributed by atoms with van der Waals surface area (Å²) in [7, 11) is 0. The molecule has 1 N–H and O–H groups in total. The van der Waals surface area contributed by atoms with Gasteiger partial charge in [-0.25, -0.2) is 0 Å². The highest BCUT2D eigenvalue weighted by Gasteiger charge is 2.40. The first-order valence-corrected chi connectivity index (χ1v) is 8.95. The summed E-state index contributed by atoms with van der Waals surface area (Å²) in [6.45, 7) is 0.925. The summed E-state index contributed by atoms with van der Waals surface area (Å²) >= 11 is 1.90. The quantitative estimate of drug-likeness (QED) is 0.865. The first-order chi connectivity index (χ1) is 10.3. The maximum Gasteiger partial charge on any atom is 0.179 e. The molecule has 1 saturated heterocycles. The summed E-state index contributed by atoms with van der Waals surface area (Å²) in [5.41, 5.74) is 4.08. The van der Waals surface area contributed by atoms with Gasteiger partial charge < -0.3 is 9.88 Å². The zero-order valence-electron chi connectivity index (χ0n) is 12.2. The molecule has 0 spiro atoms. The third-order valence-corrected chi connectivity index (χ3v) is 5.89. The number of nitriles is 1. The van der Waals surface area contributed by atoms with Crippen LogP contribution in [0.1, 0.15) is 23.5 Å². The van der Waals surface area contributed by atoms with E-state index in [0.717, 1.165) is 18.7 Å². The van der Waals surface area contributed by atoms with Crippen LogP contribution in [0.4, 0.5) is 0 Å². The number of rotatable bonds is 2. The fourth-order valence-corrected chi connectivity index (χ4v) is 4.97. The van der Waals surface area contributed by atoms with Crippen molar-refractivity contribution in [2.24, 2.45) is 5.92 Å². The number of likely N-dealkylation sites (tertiary alicyclic amines) is 1. The number of thioether (sulfide) groups is 1. The van der Waals surface area contributed by atoms with Crippen molar-refractivity contribution in [3.63, 3.8) is 0 Å². The molecule has 4 rings (SSSR count). The fourth-order valence-electron chi connectivity index (χ4n) is 4.26. The van der Waals surface area contributed by atoms with Gasteiger partial charge in [0.15, 0.2) is 6.19 Å². The Balaban J connectivity index is 1.80. The summed E-state index contributed by atoms with van der Waals surface area (Å²) in [6, 6.07) is 6.93. The Labute approximate surface area is 129 Å². The van der Waals surface area contributed by atoms with Crippen LogP contribution < -0.4 is 0 Å². The second kappa shape index (κ2) is 4.99. The van der Waals surface area contributed by atoms with Crippen LogP contribution in [0.3, 0.4) is 0 Å². The smallest absolute Gasteiger partial charge is 0.179 e. The van der Waals surface area contributed by atoms with Crippen molar-refractivity contribution in [1.29, 1.82) is 5.26 Å². The van der Waals surface area contributed by atoms with Crippen molar-refractivity contribution in [1.82, 2.24) is 9.88 Å². The first kappa shape index (κ1) is 13.1. The van der Waals surface area contributed by atoms with Gasteiger partial charge in [-0.15, -0.1) is 0 Å². The van der Waals surface area contributed by atoms with Crippen LogP contribution in [0.15, 0.2) is 24.4 Å². The van der Waals surface area contributed by atoms with E-state index in [2.05, 4.69) is 41.8 Å². The van der Waals surface area contributed by atoms with E-state index < -0.39 is 0 Å². The number of nitrogens with one attached hydrogen (secondary N) is 1. The summed E-state index contributed by atoms with van der Waals surface area (Å²) < 4.78 is 0. The number of fused-ring (bicyclic) bond motifs is 2. The summed E-state index contributed by atoms with van der Waals surface area (Å²) in [5, 5.41) is 11.0. The van der Waals surface area contributed by atoms with Gasteiger partial charge in [-0.05, 0) is 48.0 Å². The van der Waals surface area contributed by atoms with Crippen LogP contribution in [0.25, 0.3) is 10.9 Å². The van der Waals surface area contributed by atoms with Gasteiger partial charge in [0.1, 0.15) is 0 Å². The number of hydrogen-bond acceptors (Lipinski definition) is 3. The number of aromatic nitrogens is 1. The zero-order valence-corrected chi connectivity index (χ0v) is 13.0. The lowest BCUT2D eigenvalue weighted by Crippen LogP contribution is -2.48. The molecule has 3 nitrogen and oxygen atoms in total. The van der Waals surface area contributed by atoms with E-state index in [9.17, 15) is 5.26 Å². The van der Waals surface area contributed by atoms with Crippen molar-refractivity contribution in [3.8, 4) is 6.19 Å². The Morgan fingerprint density at radius 3 is 3.19 bits per heavy atom. The van der Waals surface area contributed by atoms with Crippen LogP contribution in [0.5, 0.6) is 0 Å². The lowest BCUT2D eigenvalue weighted by molar-refractivity contribution is 0.151. The van der Waals surface area contributed by atoms with E-state index in [1.54, 1.807) is 0 Å². The fraction of sp³-hybridized carbons (Fsp3) is 0.471. The van der Waals surface area contributed by atoms with Crippen LogP contribution in [-0.2, 0) is 6.42 Å². The second-order valence-electron chi connectivity index (χ2n) is 6.27. The predicted octanol–water partition coefficient (Wildman–Crippen LogP) is 3.34. The van der Waals surface area contributed by atoms with E-state index >= 15 is 0 Å². The molecule has 1 aromatic heterocycles. The van der Waals surface area contributed by atoms with Crippen LogP contribution >= 0.6 is 11.8 Å². The van der Waals surface area contributed by atoms with E-state index in [4.69, 9.17) is 0 Å². The van der Waals surface area contributed by atoms with Crippen molar-refractivity contribution in [2.45, 2.75) is 24.8 Å². The number of hydrogen-bond donors (Lipinski definition) is 1. The van der Waals surface area contributed by atoms with Gasteiger partial charge in [-0.2, -0.15) is 17.0 Å². The van der Waals surface area contributed by atoms with Crippen molar-refractivity contribution >= 4 is 22.7 Å². The van der Waals surface area contributed by atoms with E-state index in [1.807, 2.05) is 16.7 Å². The molecule has 0 unspecified atom stereocenters. The zero-order chi connectivity index (χ0) is 14.4. The minimum atomic E-state index is 0.349. The highest BCUT2D eigenvalue weighted by Crippen LogP contribution is 2.44. The molecular weight excluding hydrogens is 278 g/mol. The van der Waals surface area contributed by atoms with Crippen LogP contribution in [-0.4, -0.2) is 34.5 Å². The van der Waals surface area contributed by atoms with E-state index in [-0.39, 0.29) is 0 Å². The molecule has 1 aliphatic carbocycles. The van der Waals surface area contributed by atoms with E-state index in [1.165, 1.54) is 28.5 Å². The molecular formula is C17H19N3S. The lowest BCUT2D eigenvalue weighted by atomic mass is 9.73. The molecule has 2 aromatic rings. The molecule has 1 aliphatic heterocycles. The Morgan fingerprint density at radius 2 is 2.38 bits per heavy atom. The number of piperidine rings is 1. The number of aromatic amines is 1. The summed E-state index contributed by atoms with van der Waals surface area (Å²) in [4.78, 5) is 5.44. The standard InChI is InChI=1S/C17H19N3S/c1-21-9-11-5-14-13-3-2-4-15-17(13)12(7-19-15)6-16(14)20(8-11)10-18/h2-4,7,11,14,16,19H,5-6,8-9H2,1H3/t11-,14-,16-/m1/s1. The van der Waals surface area contributed by atoms with Gasteiger partial charge in [-0.1, -0.05) is 12.1 Å². The molecule has 2 aliphatic rings. The number of benzene rings is 1. The maximum absolute atomic E-state index is 9.57. The van der Waals surface area contributed by atoms with Crippen molar-refractivity contribution in [2.75, 3.05) is 18.6 Å². The minimum absolute atomic E-state index is 0.349. The van der Waals surface area contributed by atoms with Crippen molar-refractivity contribution in [3.05, 3.63) is 35.5 Å². The third-order valence-electron chi connectivity index (χ3n) is 5.09. The molecule has 4 heteroatoms. The summed E-state index contributed by atoms with van der Waals surface area (Å²) in [6.07, 6.45) is 8.97. The van der Waals surface area contributed by atoms with Gasteiger partial charge in [0.05, 0.1) is 6.04 Å². The second-order valence-corrected chi connectivity index (χ2v) is 7.18. The van der Waals surface area contributed by atoms with Gasteiger partial charge in [0.2, 0.25) is 0 Å². The molecule has 0 radical (unpaired) electrons. The molecule has 21 heavy (non-hydrogen) atoms. The number of H-pyrrole nitrogens is 1. The normalized spacial score (nSPS) is 27.4. The van der Waals surface area contributed by atoms with Gasteiger partial charge in [0.25, 0.3) is 0 Å². The first-order valence-electron chi connectivity index (χ1n) is 7.56. The molecule has 1 aromatic carbocycles. The van der Waals surface area contributed by atoms with E-state index in [0.29, 0.717) is 17.9 Å². The lowest BCUT2D eigenvalue weighted by Gasteiger charge is -2.44. The molecule has 0 saturated carbocycles. The molecule has 0 amide bonds. The molecule has 108 valence electrons. The Hall–Kier alpha value is -1.60. The molecule has 3 atom stereocenters. The Bertz CT molecular complexity index is 714. The minimum Gasteiger partial charge on any atom is -0.361 e. The molecule has 0 bridgehead atoms. The van der Waals surface area contributed by atoms with Gasteiger partial charge in [0, 0.05) is 29.6 Å². The van der Waals surface area contributed by atoms with Crippen molar-refractivity contribution < 1.29 is 0 Å². The average molecular weight is 297 g/mol. The largest absolute Gasteiger partial charge is 0.361 e. The van der Waals surface area contributed by atoms with Gasteiger partial charge in [-0.3, -0.25) is 0 Å². The van der Waals surface area contributed by atoms with Gasteiger partial charge >= 0.3 is 0 Å². The molecule has 2 heterocycles. The SMILES string of the molecule is CSC[C@@H]1C[C@@H]2c3cccc4[nH]cc(c34)C[C@H]2N(C#N)C1. The monoisotopic (exact) mass is 297 g/mol. The van der Waals surface area contributed by atoms with Crippen LogP contribution in [0.2, 0.25) is 0 Å². The maximum atomic E-state index is 9.57. The highest BCUT2D eigenvalue weighted by molar-refractivity contribution is 7.98. The highest BCUT2D eigenvalue weighted by atomic mass is 32.2. The Morgan fingerprint density at radius 1 is 1.48 bits per heavy atom. The Kier molecular flexibility index (Phi) is 3.11.